The normalized spacial score (nSPS) is 16.2. The van der Waals surface area contributed by atoms with Crippen molar-refractivity contribution in [2.24, 2.45) is 0 Å². The SMILES string of the molecule is C[C@H](NCCOc1ccc2c(c1)CCC(=O)N2)[C@@H](C)n1cccn1. The second-order valence-corrected chi connectivity index (χ2v) is 6.19. The lowest BCUT2D eigenvalue weighted by Crippen LogP contribution is -2.36. The maximum atomic E-state index is 11.4. The number of ether oxygens (including phenoxy) is 1. The van der Waals surface area contributed by atoms with Crippen LogP contribution in [0.2, 0.25) is 0 Å². The molecule has 0 spiro atoms. The van der Waals surface area contributed by atoms with Gasteiger partial charge in [-0.05, 0) is 50.1 Å². The standard InChI is InChI=1S/C18H24N4O2/c1-13(14(2)22-10-3-8-20-22)19-9-11-24-16-5-6-17-15(12-16)4-7-18(23)21-17/h3,5-6,8,10,12-14,19H,4,7,9,11H2,1-2H3,(H,21,23)/t13-,14+/m0/s1. The maximum absolute atomic E-state index is 11.4. The predicted octanol–water partition coefficient (Wildman–Crippen LogP) is 2.39. The number of fused-ring (bicyclic) bond motifs is 1. The summed E-state index contributed by atoms with van der Waals surface area (Å²) < 4.78 is 7.78. The summed E-state index contributed by atoms with van der Waals surface area (Å²) in [5.41, 5.74) is 2.04. The number of hydrogen-bond acceptors (Lipinski definition) is 4. The van der Waals surface area contributed by atoms with Crippen molar-refractivity contribution >= 4 is 11.6 Å². The zero-order valence-corrected chi connectivity index (χ0v) is 14.2. The molecule has 0 aliphatic carbocycles. The van der Waals surface area contributed by atoms with Gasteiger partial charge in [0.2, 0.25) is 5.91 Å². The molecule has 1 aromatic heterocycles. The van der Waals surface area contributed by atoms with Crippen LogP contribution < -0.4 is 15.4 Å². The highest BCUT2D eigenvalue weighted by molar-refractivity contribution is 5.93. The third-order valence-corrected chi connectivity index (χ3v) is 4.48. The Morgan fingerprint density at radius 3 is 3.04 bits per heavy atom. The molecule has 0 radical (unpaired) electrons. The lowest BCUT2D eigenvalue weighted by atomic mass is 10.0. The molecule has 3 rings (SSSR count). The van der Waals surface area contributed by atoms with Crippen LogP contribution in [0, 0.1) is 0 Å². The molecular weight excluding hydrogens is 304 g/mol. The Labute approximate surface area is 142 Å². The van der Waals surface area contributed by atoms with Gasteiger partial charge in [0.25, 0.3) is 0 Å². The van der Waals surface area contributed by atoms with Gasteiger partial charge in [-0.2, -0.15) is 5.10 Å². The van der Waals surface area contributed by atoms with Crippen LogP contribution in [-0.2, 0) is 11.2 Å². The average Bonchev–Trinajstić information content (AvgIpc) is 3.12. The molecule has 1 aliphatic heterocycles. The molecule has 6 nitrogen and oxygen atoms in total. The number of nitrogens with one attached hydrogen (secondary N) is 2. The van der Waals surface area contributed by atoms with Crippen LogP contribution in [0.25, 0.3) is 0 Å². The van der Waals surface area contributed by atoms with E-state index in [0.717, 1.165) is 30.0 Å². The Hall–Kier alpha value is -2.34. The minimum atomic E-state index is 0.0839. The monoisotopic (exact) mass is 328 g/mol. The first-order valence-electron chi connectivity index (χ1n) is 8.41. The van der Waals surface area contributed by atoms with Gasteiger partial charge < -0.3 is 15.4 Å². The van der Waals surface area contributed by atoms with Gasteiger partial charge >= 0.3 is 0 Å². The highest BCUT2D eigenvalue weighted by Crippen LogP contribution is 2.26. The summed E-state index contributed by atoms with van der Waals surface area (Å²) in [5, 5.41) is 10.6. The fourth-order valence-electron chi connectivity index (χ4n) is 2.83. The second kappa shape index (κ2) is 7.49. The third-order valence-electron chi connectivity index (χ3n) is 4.48. The van der Waals surface area contributed by atoms with Crippen LogP contribution in [0.5, 0.6) is 5.75 Å². The number of amides is 1. The predicted molar refractivity (Wildman–Crippen MR) is 93.3 cm³/mol. The van der Waals surface area contributed by atoms with E-state index in [-0.39, 0.29) is 11.9 Å². The maximum Gasteiger partial charge on any atom is 0.224 e. The summed E-state index contributed by atoms with van der Waals surface area (Å²) in [4.78, 5) is 11.4. The largest absolute Gasteiger partial charge is 0.492 e. The van der Waals surface area contributed by atoms with Crippen molar-refractivity contribution in [2.45, 2.75) is 38.8 Å². The lowest BCUT2D eigenvalue weighted by Gasteiger charge is -2.22. The van der Waals surface area contributed by atoms with Gasteiger partial charge in [0.1, 0.15) is 12.4 Å². The molecule has 128 valence electrons. The van der Waals surface area contributed by atoms with Crippen LogP contribution in [0.4, 0.5) is 5.69 Å². The molecule has 24 heavy (non-hydrogen) atoms. The molecule has 0 bridgehead atoms. The molecule has 1 amide bonds. The molecule has 2 N–H and O–H groups in total. The minimum absolute atomic E-state index is 0.0839. The van der Waals surface area contributed by atoms with Gasteiger partial charge in [-0.3, -0.25) is 9.48 Å². The second-order valence-electron chi connectivity index (χ2n) is 6.19. The number of hydrogen-bond donors (Lipinski definition) is 2. The molecule has 0 saturated heterocycles. The van der Waals surface area contributed by atoms with Crippen molar-refractivity contribution in [1.82, 2.24) is 15.1 Å². The van der Waals surface area contributed by atoms with Crippen LogP contribution >= 0.6 is 0 Å². The van der Waals surface area contributed by atoms with E-state index in [4.69, 9.17) is 4.74 Å². The Morgan fingerprint density at radius 2 is 2.25 bits per heavy atom. The Morgan fingerprint density at radius 1 is 1.38 bits per heavy atom. The number of aryl methyl sites for hydroxylation is 1. The third kappa shape index (κ3) is 3.94. The van der Waals surface area contributed by atoms with Crippen molar-refractivity contribution < 1.29 is 9.53 Å². The number of nitrogens with zero attached hydrogens (tertiary/aromatic N) is 2. The van der Waals surface area contributed by atoms with E-state index in [1.165, 1.54) is 0 Å². The van der Waals surface area contributed by atoms with Crippen molar-refractivity contribution in [2.75, 3.05) is 18.5 Å². The van der Waals surface area contributed by atoms with Crippen molar-refractivity contribution in [1.29, 1.82) is 0 Å². The van der Waals surface area contributed by atoms with E-state index in [1.807, 2.05) is 35.1 Å². The summed E-state index contributed by atoms with van der Waals surface area (Å²) >= 11 is 0. The van der Waals surface area contributed by atoms with Crippen LogP contribution in [0.1, 0.15) is 31.9 Å². The zero-order chi connectivity index (χ0) is 16.9. The molecule has 2 heterocycles. The van der Waals surface area contributed by atoms with Crippen LogP contribution in [0.3, 0.4) is 0 Å². The molecule has 2 atom stereocenters. The molecular formula is C18H24N4O2. The zero-order valence-electron chi connectivity index (χ0n) is 14.2. The minimum Gasteiger partial charge on any atom is -0.492 e. The molecule has 2 aromatic rings. The van der Waals surface area contributed by atoms with E-state index < -0.39 is 0 Å². The fraction of sp³-hybridized carbons (Fsp3) is 0.444. The summed E-state index contributed by atoms with van der Waals surface area (Å²) in [6.45, 7) is 5.65. The summed E-state index contributed by atoms with van der Waals surface area (Å²) in [6, 6.07) is 8.35. The molecule has 1 aliphatic rings. The van der Waals surface area contributed by atoms with E-state index in [9.17, 15) is 4.79 Å². The van der Waals surface area contributed by atoms with Gasteiger partial charge in [0, 0.05) is 37.1 Å². The highest BCUT2D eigenvalue weighted by atomic mass is 16.5. The molecule has 0 saturated carbocycles. The smallest absolute Gasteiger partial charge is 0.224 e. The molecule has 0 unspecified atom stereocenters. The number of aromatic nitrogens is 2. The first kappa shape index (κ1) is 16.5. The summed E-state index contributed by atoms with van der Waals surface area (Å²) in [5.74, 6) is 0.931. The van der Waals surface area contributed by atoms with Crippen LogP contribution in [-0.4, -0.2) is 34.9 Å². The highest BCUT2D eigenvalue weighted by Gasteiger charge is 2.15. The molecule has 0 fully saturated rings. The Bertz CT molecular complexity index is 684. The van der Waals surface area contributed by atoms with Crippen molar-refractivity contribution in [3.63, 3.8) is 0 Å². The first-order chi connectivity index (χ1) is 11.6. The van der Waals surface area contributed by atoms with Gasteiger partial charge in [-0.15, -0.1) is 0 Å². The van der Waals surface area contributed by atoms with Crippen LogP contribution in [0.15, 0.2) is 36.7 Å². The fourth-order valence-corrected chi connectivity index (χ4v) is 2.83. The van der Waals surface area contributed by atoms with Crippen molar-refractivity contribution in [3.05, 3.63) is 42.2 Å². The quantitative estimate of drug-likeness (QED) is 0.766. The molecule has 6 heteroatoms. The number of carbonyl (C=O) groups excluding carboxylic acids is 1. The van der Waals surface area contributed by atoms with E-state index in [0.29, 0.717) is 19.1 Å². The summed E-state index contributed by atoms with van der Waals surface area (Å²) in [6.07, 6.45) is 5.09. The number of rotatable bonds is 7. The number of carbonyl (C=O) groups is 1. The average molecular weight is 328 g/mol. The van der Waals surface area contributed by atoms with Gasteiger partial charge in [-0.1, -0.05) is 0 Å². The molecule has 1 aromatic carbocycles. The Balaban J connectivity index is 1.44. The van der Waals surface area contributed by atoms with Gasteiger partial charge in [0.15, 0.2) is 0 Å². The Kier molecular flexibility index (Phi) is 5.15. The topological polar surface area (TPSA) is 68.2 Å². The first-order valence-corrected chi connectivity index (χ1v) is 8.41. The number of anilines is 1. The number of benzene rings is 1. The van der Waals surface area contributed by atoms with Crippen molar-refractivity contribution in [3.8, 4) is 5.75 Å². The van der Waals surface area contributed by atoms with E-state index in [2.05, 4.69) is 29.6 Å². The van der Waals surface area contributed by atoms with E-state index >= 15 is 0 Å². The lowest BCUT2D eigenvalue weighted by molar-refractivity contribution is -0.116. The van der Waals surface area contributed by atoms with Gasteiger partial charge in [0.05, 0.1) is 6.04 Å². The van der Waals surface area contributed by atoms with Gasteiger partial charge in [-0.25, -0.2) is 0 Å². The summed E-state index contributed by atoms with van der Waals surface area (Å²) in [7, 11) is 0. The van der Waals surface area contributed by atoms with E-state index in [1.54, 1.807) is 6.20 Å².